The highest BCUT2D eigenvalue weighted by molar-refractivity contribution is 5.80. The molecule has 1 unspecified atom stereocenters. The maximum Gasteiger partial charge on any atom is 0.162 e. The predicted octanol–water partition coefficient (Wildman–Crippen LogP) is 3.12. The number of benzene rings is 2. The van der Waals surface area contributed by atoms with Gasteiger partial charge >= 0.3 is 0 Å². The summed E-state index contributed by atoms with van der Waals surface area (Å²) in [5, 5.41) is 0. The number of ketones is 1. The van der Waals surface area contributed by atoms with Gasteiger partial charge in [0, 0.05) is 12.0 Å². The summed E-state index contributed by atoms with van der Waals surface area (Å²) in [7, 11) is 1.67. The van der Waals surface area contributed by atoms with Crippen LogP contribution in [0.4, 0.5) is 0 Å². The van der Waals surface area contributed by atoms with E-state index >= 15 is 0 Å². The molecule has 0 aliphatic carbocycles. The van der Waals surface area contributed by atoms with Gasteiger partial charge in [0.1, 0.15) is 18.4 Å². The van der Waals surface area contributed by atoms with Crippen LogP contribution in [0.3, 0.4) is 0 Å². The van der Waals surface area contributed by atoms with Crippen molar-refractivity contribution in [3.63, 3.8) is 0 Å². The van der Waals surface area contributed by atoms with Crippen molar-refractivity contribution in [2.75, 3.05) is 13.7 Å². The van der Waals surface area contributed by atoms with E-state index in [4.69, 9.17) is 9.47 Å². The normalized spacial score (nSPS) is 24.9. The number of nitrogens with one attached hydrogen (secondary N) is 1. The van der Waals surface area contributed by atoms with Crippen LogP contribution in [0.1, 0.15) is 49.3 Å². The molecule has 2 fully saturated rings. The van der Waals surface area contributed by atoms with Gasteiger partial charge < -0.3 is 14.4 Å². The highest BCUT2D eigenvalue weighted by atomic mass is 16.5. The van der Waals surface area contributed by atoms with Gasteiger partial charge in [-0.05, 0) is 36.6 Å². The molecule has 0 aromatic heterocycles. The van der Waals surface area contributed by atoms with E-state index < -0.39 is 0 Å². The number of methoxy groups -OCH3 is 1. The number of hydrogen-bond donors (Lipinski definition) is 1. The lowest BCUT2D eigenvalue weighted by Gasteiger charge is -2.41. The van der Waals surface area contributed by atoms with Gasteiger partial charge in [-0.25, -0.2) is 0 Å². The number of fused-ring (bicyclic) bond motifs is 1. The second-order valence-corrected chi connectivity index (χ2v) is 7.70. The lowest BCUT2D eigenvalue weighted by atomic mass is 9.85. The van der Waals surface area contributed by atoms with Crippen molar-refractivity contribution in [2.45, 2.75) is 50.8 Å². The van der Waals surface area contributed by atoms with E-state index in [2.05, 4.69) is 24.3 Å². The molecule has 3 atom stereocenters. The minimum absolute atomic E-state index is 0.238. The van der Waals surface area contributed by atoms with Gasteiger partial charge in [0.05, 0.1) is 32.5 Å². The van der Waals surface area contributed by atoms with Crippen LogP contribution in [0.5, 0.6) is 11.5 Å². The first-order valence-electron chi connectivity index (χ1n) is 9.96. The number of piperidine rings is 2. The molecule has 2 saturated heterocycles. The Kier molecular flexibility index (Phi) is 5.44. The average molecular weight is 366 g/mol. The third-order valence-electron chi connectivity index (χ3n) is 5.97. The molecule has 1 N–H and O–H groups in total. The smallest absolute Gasteiger partial charge is 0.162 e. The predicted molar refractivity (Wildman–Crippen MR) is 104 cm³/mol. The van der Waals surface area contributed by atoms with E-state index in [1.807, 2.05) is 24.3 Å². The van der Waals surface area contributed by atoms with Crippen molar-refractivity contribution in [2.24, 2.45) is 0 Å². The van der Waals surface area contributed by atoms with Gasteiger partial charge in [-0.1, -0.05) is 30.3 Å². The van der Waals surface area contributed by atoms with Gasteiger partial charge in [0.15, 0.2) is 11.5 Å². The van der Waals surface area contributed by atoms with Crippen molar-refractivity contribution in [3.8, 4) is 11.5 Å². The first kappa shape index (κ1) is 18.1. The number of carbonyl (C=O) groups excluding carboxylic acids is 1. The van der Waals surface area contributed by atoms with Crippen LogP contribution in [-0.4, -0.2) is 25.5 Å². The fraction of sp³-hybridized carbons (Fsp3) is 0.435. The van der Waals surface area contributed by atoms with Crippen LogP contribution in [0.2, 0.25) is 0 Å². The Morgan fingerprint density at radius 1 is 1.04 bits per heavy atom. The summed E-state index contributed by atoms with van der Waals surface area (Å²) in [5.41, 5.74) is 2.31. The van der Waals surface area contributed by atoms with E-state index in [0.29, 0.717) is 24.9 Å². The Morgan fingerprint density at radius 3 is 2.70 bits per heavy atom. The monoisotopic (exact) mass is 366 g/mol. The van der Waals surface area contributed by atoms with Crippen molar-refractivity contribution < 1.29 is 19.2 Å². The number of rotatable bonds is 5. The molecule has 2 heterocycles. The van der Waals surface area contributed by atoms with E-state index in [0.717, 1.165) is 30.0 Å². The molecule has 2 aromatic carbocycles. The summed E-state index contributed by atoms with van der Waals surface area (Å²) in [4.78, 5) is 13.9. The highest BCUT2D eigenvalue weighted by Gasteiger charge is 2.40. The van der Waals surface area contributed by atoms with Gasteiger partial charge in [0.2, 0.25) is 0 Å². The Balaban J connectivity index is 1.58. The molecule has 0 radical (unpaired) electrons. The van der Waals surface area contributed by atoms with Gasteiger partial charge in [-0.15, -0.1) is 0 Å². The van der Waals surface area contributed by atoms with Gasteiger partial charge in [0.25, 0.3) is 0 Å². The van der Waals surface area contributed by atoms with Crippen LogP contribution < -0.4 is 14.4 Å². The van der Waals surface area contributed by atoms with E-state index in [9.17, 15) is 4.79 Å². The maximum absolute atomic E-state index is 12.4. The fourth-order valence-corrected chi connectivity index (χ4v) is 4.61. The molecule has 27 heavy (non-hydrogen) atoms. The molecule has 2 aliphatic heterocycles. The molecule has 142 valence electrons. The van der Waals surface area contributed by atoms with Crippen molar-refractivity contribution in [1.82, 2.24) is 0 Å². The number of hydrogen-bond acceptors (Lipinski definition) is 3. The molecule has 0 saturated carbocycles. The summed E-state index contributed by atoms with van der Waals surface area (Å²) >= 11 is 0. The Hall–Kier alpha value is -2.33. The van der Waals surface area contributed by atoms with Crippen LogP contribution >= 0.6 is 0 Å². The van der Waals surface area contributed by atoms with Gasteiger partial charge in [-0.3, -0.25) is 4.79 Å². The van der Waals surface area contributed by atoms with E-state index in [1.165, 1.54) is 24.8 Å². The number of Topliss-reactive ketones (excluding diaryl/α,β-unsaturated/α-hetero) is 1. The molecule has 4 heteroatoms. The molecule has 4 rings (SSSR count). The summed E-state index contributed by atoms with van der Waals surface area (Å²) in [5.74, 6) is 1.89. The molecule has 0 bridgehead atoms. The number of carbonyl (C=O) groups is 1. The lowest BCUT2D eigenvalue weighted by Crippen LogP contribution is -3.17. The highest BCUT2D eigenvalue weighted by Crippen LogP contribution is 2.33. The SMILES string of the molecule is COc1ccc([C@H]2CC(=O)C[C@@H]3CCCC[NH+]32)cc1OCc1ccccc1. The largest absolute Gasteiger partial charge is 0.493 e. The summed E-state index contributed by atoms with van der Waals surface area (Å²) in [6.45, 7) is 1.66. The zero-order valence-corrected chi connectivity index (χ0v) is 15.9. The van der Waals surface area contributed by atoms with Crippen molar-refractivity contribution >= 4 is 5.78 Å². The summed E-state index contributed by atoms with van der Waals surface area (Å²) < 4.78 is 11.6. The van der Waals surface area contributed by atoms with Crippen LogP contribution in [0.25, 0.3) is 0 Å². The van der Waals surface area contributed by atoms with Crippen LogP contribution in [-0.2, 0) is 11.4 Å². The fourth-order valence-electron chi connectivity index (χ4n) is 4.61. The van der Waals surface area contributed by atoms with E-state index in [-0.39, 0.29) is 6.04 Å². The minimum Gasteiger partial charge on any atom is -0.493 e. The molecular formula is C23H28NO3+. The van der Waals surface area contributed by atoms with Crippen LogP contribution in [0.15, 0.2) is 48.5 Å². The van der Waals surface area contributed by atoms with Crippen molar-refractivity contribution in [3.05, 3.63) is 59.7 Å². The second-order valence-electron chi connectivity index (χ2n) is 7.70. The zero-order valence-electron chi connectivity index (χ0n) is 15.9. The van der Waals surface area contributed by atoms with E-state index in [1.54, 1.807) is 12.0 Å². The third-order valence-corrected chi connectivity index (χ3v) is 5.97. The van der Waals surface area contributed by atoms with Crippen molar-refractivity contribution in [1.29, 1.82) is 0 Å². The van der Waals surface area contributed by atoms with Gasteiger partial charge in [-0.2, -0.15) is 0 Å². The summed E-state index contributed by atoms with van der Waals surface area (Å²) in [6.07, 6.45) is 5.06. The third kappa shape index (κ3) is 4.01. The Labute approximate surface area is 161 Å². The standard InChI is InChI=1S/C23H27NO3/c1-26-22-11-10-18(13-23(22)27-16-17-7-3-2-4-8-17)21-15-20(25)14-19-9-5-6-12-24(19)21/h2-4,7-8,10-11,13,19,21H,5-6,9,12,14-16H2,1H3/p+1/t19-,21+/m0/s1. The second kappa shape index (κ2) is 8.13. The quantitative estimate of drug-likeness (QED) is 0.884. The first-order chi connectivity index (χ1) is 13.2. The zero-order chi connectivity index (χ0) is 18.6. The molecular weight excluding hydrogens is 338 g/mol. The maximum atomic E-state index is 12.4. The average Bonchev–Trinajstić information content (AvgIpc) is 2.72. The molecule has 2 aliphatic rings. The number of ether oxygens (including phenoxy) is 2. The molecule has 2 aromatic rings. The molecule has 0 amide bonds. The Bertz CT molecular complexity index is 789. The molecule has 4 nitrogen and oxygen atoms in total. The topological polar surface area (TPSA) is 40.0 Å². The minimum atomic E-state index is 0.238. The number of quaternary nitrogens is 1. The lowest BCUT2D eigenvalue weighted by molar-refractivity contribution is -0.962. The summed E-state index contributed by atoms with van der Waals surface area (Å²) in [6, 6.07) is 17.0. The first-order valence-corrected chi connectivity index (χ1v) is 9.96. The Morgan fingerprint density at radius 2 is 1.89 bits per heavy atom. The van der Waals surface area contributed by atoms with Crippen LogP contribution in [0, 0.1) is 0 Å². The molecule has 0 spiro atoms.